The second-order valence-electron chi connectivity index (χ2n) is 4.18. The zero-order chi connectivity index (χ0) is 17.3. The molecular formula is C12H11Cl2F6NO2. The fourth-order valence-electron chi connectivity index (χ4n) is 1.55. The van der Waals surface area contributed by atoms with Crippen LogP contribution in [0.1, 0.15) is 24.1 Å². The first kappa shape index (κ1) is 21.8. The lowest BCUT2D eigenvalue weighted by Gasteiger charge is -2.23. The second-order valence-corrected chi connectivity index (χ2v) is 4.59. The summed E-state index contributed by atoms with van der Waals surface area (Å²) in [5.74, 6) is -8.06. The molecule has 0 bridgehead atoms. The Morgan fingerprint density at radius 3 is 2.26 bits per heavy atom. The zero-order valence-electron chi connectivity index (χ0n) is 11.4. The highest BCUT2D eigenvalue weighted by Gasteiger charge is 2.49. The van der Waals surface area contributed by atoms with Crippen molar-refractivity contribution in [1.82, 2.24) is 0 Å². The van der Waals surface area contributed by atoms with Crippen molar-refractivity contribution in [2.75, 3.05) is 6.61 Å². The molecule has 2 N–H and O–H groups in total. The quantitative estimate of drug-likeness (QED) is 0.626. The topological polar surface area (TPSA) is 52.3 Å². The fraction of sp³-hybridized carbons (Fsp3) is 0.417. The van der Waals surface area contributed by atoms with Gasteiger partial charge >= 0.3 is 18.1 Å². The fourth-order valence-corrected chi connectivity index (χ4v) is 1.78. The van der Waals surface area contributed by atoms with Gasteiger partial charge in [0.15, 0.2) is 0 Å². The van der Waals surface area contributed by atoms with Gasteiger partial charge in [-0.25, -0.2) is 9.18 Å². The third kappa shape index (κ3) is 4.65. The maximum atomic E-state index is 13.7. The molecule has 1 aromatic rings. The van der Waals surface area contributed by atoms with Gasteiger partial charge in [0.05, 0.1) is 17.2 Å². The first-order valence-corrected chi connectivity index (χ1v) is 6.17. The van der Waals surface area contributed by atoms with E-state index < -0.39 is 52.7 Å². The normalized spacial score (nSPS) is 13.3. The molecule has 0 aliphatic carbocycles. The Morgan fingerprint density at radius 1 is 1.30 bits per heavy atom. The molecule has 1 aromatic carbocycles. The predicted octanol–water partition coefficient (Wildman–Crippen LogP) is 4.12. The smallest absolute Gasteiger partial charge is 0.416 e. The molecule has 23 heavy (non-hydrogen) atoms. The van der Waals surface area contributed by atoms with Crippen molar-refractivity contribution in [1.29, 1.82) is 0 Å². The monoisotopic (exact) mass is 385 g/mol. The van der Waals surface area contributed by atoms with Crippen LogP contribution in [0.5, 0.6) is 0 Å². The summed E-state index contributed by atoms with van der Waals surface area (Å²) < 4.78 is 83.1. The summed E-state index contributed by atoms with van der Waals surface area (Å²) in [5.41, 5.74) is 2.36. The molecular weight excluding hydrogens is 375 g/mol. The Kier molecular flexibility index (Phi) is 7.19. The largest absolute Gasteiger partial charge is 0.462 e. The highest BCUT2D eigenvalue weighted by molar-refractivity contribution is 6.30. The molecule has 132 valence electrons. The summed E-state index contributed by atoms with van der Waals surface area (Å²) >= 11 is 5.27. The average molecular weight is 386 g/mol. The SMILES string of the molecule is CCOC(=O)C(F)(F)[C@H](N)c1cc(C(F)(F)F)cc(Cl)c1F.Cl. The van der Waals surface area contributed by atoms with Crippen LogP contribution >= 0.6 is 24.0 Å². The van der Waals surface area contributed by atoms with Gasteiger partial charge in [-0.2, -0.15) is 22.0 Å². The number of esters is 1. The van der Waals surface area contributed by atoms with Crippen molar-refractivity contribution < 1.29 is 35.9 Å². The van der Waals surface area contributed by atoms with E-state index in [1.807, 2.05) is 0 Å². The maximum Gasteiger partial charge on any atom is 0.416 e. The first-order chi connectivity index (χ1) is 9.92. The molecule has 0 spiro atoms. The van der Waals surface area contributed by atoms with Crippen LogP contribution in [0.2, 0.25) is 5.02 Å². The molecule has 0 radical (unpaired) electrons. The first-order valence-electron chi connectivity index (χ1n) is 5.79. The molecule has 0 fully saturated rings. The van der Waals surface area contributed by atoms with Gasteiger partial charge in [0.2, 0.25) is 0 Å². The molecule has 1 atom stereocenters. The van der Waals surface area contributed by atoms with Crippen molar-refractivity contribution in [3.8, 4) is 0 Å². The lowest BCUT2D eigenvalue weighted by atomic mass is 9.98. The van der Waals surface area contributed by atoms with Crippen molar-refractivity contribution in [3.63, 3.8) is 0 Å². The van der Waals surface area contributed by atoms with E-state index in [1.165, 1.54) is 6.92 Å². The summed E-state index contributed by atoms with van der Waals surface area (Å²) in [5, 5.41) is -1.04. The van der Waals surface area contributed by atoms with E-state index in [0.717, 1.165) is 0 Å². The Labute approximate surface area is 138 Å². The standard InChI is InChI=1S/C12H10ClF6NO2.ClH/c1-2-22-10(21)11(15,16)9(20)6-3-5(12(17,18)19)4-7(13)8(6)14;/h3-4,9H,2,20H2,1H3;1H/t9-;/m1./s1. The van der Waals surface area contributed by atoms with Crippen LogP contribution < -0.4 is 5.73 Å². The molecule has 0 saturated heterocycles. The molecule has 0 heterocycles. The van der Waals surface area contributed by atoms with Crippen molar-refractivity contribution in [2.24, 2.45) is 5.73 Å². The number of carbonyl (C=O) groups excluding carboxylic acids is 1. The van der Waals surface area contributed by atoms with Crippen LogP contribution in [0.15, 0.2) is 12.1 Å². The minimum atomic E-state index is -4.95. The molecule has 1 rings (SSSR count). The summed E-state index contributed by atoms with van der Waals surface area (Å²) in [6.07, 6.45) is -4.95. The van der Waals surface area contributed by atoms with Gasteiger partial charge in [-0.05, 0) is 19.1 Å². The van der Waals surface area contributed by atoms with Crippen LogP contribution in [0.4, 0.5) is 26.3 Å². The molecule has 0 unspecified atom stereocenters. The van der Waals surface area contributed by atoms with E-state index in [4.69, 9.17) is 17.3 Å². The summed E-state index contributed by atoms with van der Waals surface area (Å²) in [7, 11) is 0. The minimum absolute atomic E-state index is 0. The van der Waals surface area contributed by atoms with Gasteiger partial charge in [-0.3, -0.25) is 0 Å². The summed E-state index contributed by atoms with van der Waals surface area (Å²) in [6.45, 7) is 0.828. The number of nitrogens with two attached hydrogens (primary N) is 1. The van der Waals surface area contributed by atoms with Crippen molar-refractivity contribution in [3.05, 3.63) is 34.1 Å². The molecule has 0 aromatic heterocycles. The number of hydrogen-bond donors (Lipinski definition) is 1. The van der Waals surface area contributed by atoms with Crippen molar-refractivity contribution >= 4 is 30.0 Å². The molecule has 11 heteroatoms. The third-order valence-electron chi connectivity index (χ3n) is 2.66. The number of rotatable bonds is 4. The van der Waals surface area contributed by atoms with Gasteiger partial charge in [-0.15, -0.1) is 12.4 Å². The van der Waals surface area contributed by atoms with Gasteiger partial charge in [0.1, 0.15) is 11.9 Å². The summed E-state index contributed by atoms with van der Waals surface area (Å²) in [4.78, 5) is 11.1. The Morgan fingerprint density at radius 2 is 1.83 bits per heavy atom. The van der Waals surface area contributed by atoms with Crippen LogP contribution in [0, 0.1) is 5.82 Å². The Balaban J connectivity index is 0.00000484. The van der Waals surface area contributed by atoms with Gasteiger partial charge in [0.25, 0.3) is 0 Å². The van der Waals surface area contributed by atoms with E-state index in [0.29, 0.717) is 0 Å². The van der Waals surface area contributed by atoms with Gasteiger partial charge in [-0.1, -0.05) is 11.6 Å². The van der Waals surface area contributed by atoms with Crippen LogP contribution in [-0.4, -0.2) is 18.5 Å². The van der Waals surface area contributed by atoms with E-state index in [9.17, 15) is 31.1 Å². The number of halogens is 8. The highest BCUT2D eigenvalue weighted by Crippen LogP contribution is 2.38. The Hall–Kier alpha value is -1.19. The van der Waals surface area contributed by atoms with Gasteiger partial charge < -0.3 is 10.5 Å². The number of carbonyl (C=O) groups is 1. The van der Waals surface area contributed by atoms with E-state index in [2.05, 4.69) is 4.74 Å². The van der Waals surface area contributed by atoms with Gasteiger partial charge in [0, 0.05) is 5.56 Å². The van der Waals surface area contributed by atoms with E-state index in [-0.39, 0.29) is 24.5 Å². The number of benzene rings is 1. The maximum absolute atomic E-state index is 13.7. The lowest BCUT2D eigenvalue weighted by molar-refractivity contribution is -0.174. The summed E-state index contributed by atoms with van der Waals surface area (Å²) in [6, 6.07) is -2.37. The van der Waals surface area contributed by atoms with Crippen molar-refractivity contribution in [2.45, 2.75) is 25.1 Å². The van der Waals surface area contributed by atoms with E-state index >= 15 is 0 Å². The third-order valence-corrected chi connectivity index (χ3v) is 2.93. The molecule has 0 amide bonds. The number of ether oxygens (including phenoxy) is 1. The molecule has 0 saturated carbocycles. The minimum Gasteiger partial charge on any atom is -0.462 e. The average Bonchev–Trinajstić information content (AvgIpc) is 2.39. The molecule has 0 aliphatic rings. The lowest BCUT2D eigenvalue weighted by Crippen LogP contribution is -2.42. The van der Waals surface area contributed by atoms with E-state index in [1.54, 1.807) is 0 Å². The molecule has 0 aliphatic heterocycles. The molecule has 3 nitrogen and oxygen atoms in total. The predicted molar refractivity (Wildman–Crippen MR) is 72.2 cm³/mol. The van der Waals surface area contributed by atoms with Crippen LogP contribution in [0.25, 0.3) is 0 Å². The highest BCUT2D eigenvalue weighted by atomic mass is 35.5. The zero-order valence-corrected chi connectivity index (χ0v) is 13.0. The number of alkyl halides is 5. The number of hydrogen-bond acceptors (Lipinski definition) is 3. The Bertz CT molecular complexity index is 579. The second kappa shape index (κ2) is 7.59. The van der Waals surface area contributed by atoms with Crippen LogP contribution in [0.3, 0.4) is 0 Å². The van der Waals surface area contributed by atoms with Crippen LogP contribution in [-0.2, 0) is 15.7 Å².